The van der Waals surface area contributed by atoms with Crippen molar-refractivity contribution in [3.63, 3.8) is 0 Å². The van der Waals surface area contributed by atoms with Crippen molar-refractivity contribution in [2.75, 3.05) is 0 Å². The van der Waals surface area contributed by atoms with E-state index in [1.807, 2.05) is 12.1 Å². The van der Waals surface area contributed by atoms with Gasteiger partial charge in [0.2, 0.25) is 0 Å². The molecule has 0 saturated carbocycles. The Morgan fingerprint density at radius 1 is 1.05 bits per heavy atom. The monoisotopic (exact) mass is 319 g/mol. The van der Waals surface area contributed by atoms with Crippen LogP contribution >= 0.6 is 11.6 Å². The predicted octanol–water partition coefficient (Wildman–Crippen LogP) is 4.34. The maximum Gasteiger partial charge on any atom is 0.128 e. The van der Waals surface area contributed by atoms with Crippen molar-refractivity contribution in [2.45, 2.75) is 10.8 Å². The lowest BCUT2D eigenvalue weighted by molar-refractivity contribution is 0.627. The predicted molar refractivity (Wildman–Crippen MR) is 83.3 cm³/mol. The first-order valence-corrected chi connectivity index (χ1v) is 8.01. The highest BCUT2D eigenvalue weighted by molar-refractivity contribution is 7.84. The minimum absolute atomic E-state index is 0.301. The molecule has 3 aromatic rings. The first-order chi connectivity index (χ1) is 10.1. The fourth-order valence-electron chi connectivity index (χ4n) is 2.01. The first-order valence-electron chi connectivity index (χ1n) is 6.31. The lowest BCUT2D eigenvalue weighted by atomic mass is 10.2. The van der Waals surface area contributed by atoms with E-state index in [4.69, 9.17) is 11.6 Å². The molecule has 2 aromatic carbocycles. The van der Waals surface area contributed by atoms with Crippen molar-refractivity contribution in [2.24, 2.45) is 0 Å². The number of fused-ring (bicyclic) bond motifs is 1. The molecule has 106 valence electrons. The minimum Gasteiger partial charge on any atom is -0.252 e. The quantitative estimate of drug-likeness (QED) is 0.719. The highest BCUT2D eigenvalue weighted by atomic mass is 35.5. The van der Waals surface area contributed by atoms with Crippen molar-refractivity contribution < 1.29 is 8.60 Å². The van der Waals surface area contributed by atoms with Gasteiger partial charge in [-0.3, -0.25) is 4.21 Å². The summed E-state index contributed by atoms with van der Waals surface area (Å²) < 4.78 is 25.2. The molecule has 0 radical (unpaired) electrons. The molecule has 0 aliphatic heterocycles. The van der Waals surface area contributed by atoms with Crippen molar-refractivity contribution in [3.05, 3.63) is 71.0 Å². The van der Waals surface area contributed by atoms with Gasteiger partial charge in [0.25, 0.3) is 0 Å². The summed E-state index contributed by atoms with van der Waals surface area (Å²) in [7, 11) is -1.27. The number of aromatic nitrogens is 1. The lowest BCUT2D eigenvalue weighted by Gasteiger charge is -2.04. The maximum absolute atomic E-state index is 12.9. The molecule has 0 amide bonds. The van der Waals surface area contributed by atoms with Crippen molar-refractivity contribution in [1.29, 1.82) is 0 Å². The Hall–Kier alpha value is -1.78. The average molecular weight is 320 g/mol. The topological polar surface area (TPSA) is 30.0 Å². The molecule has 0 aliphatic carbocycles. The third-order valence-electron chi connectivity index (χ3n) is 3.07. The molecular formula is C16H11ClFNOS. The van der Waals surface area contributed by atoms with Crippen LogP contribution in [-0.2, 0) is 16.6 Å². The van der Waals surface area contributed by atoms with Crippen LogP contribution in [0.3, 0.4) is 0 Å². The number of pyridine rings is 1. The Morgan fingerprint density at radius 2 is 1.81 bits per heavy atom. The molecule has 3 rings (SSSR count). The summed E-state index contributed by atoms with van der Waals surface area (Å²) in [6, 6.07) is 15.0. The number of halogens is 2. The first kappa shape index (κ1) is 14.2. The van der Waals surface area contributed by atoms with Crippen LogP contribution in [0.1, 0.15) is 5.56 Å². The molecule has 0 aliphatic rings. The van der Waals surface area contributed by atoms with E-state index in [9.17, 15) is 8.60 Å². The molecule has 1 atom stereocenters. The van der Waals surface area contributed by atoms with Crippen LogP contribution in [0.25, 0.3) is 10.9 Å². The summed E-state index contributed by atoms with van der Waals surface area (Å²) >= 11 is 5.92. The Morgan fingerprint density at radius 3 is 2.57 bits per heavy atom. The highest BCUT2D eigenvalue weighted by Crippen LogP contribution is 2.20. The maximum atomic E-state index is 12.9. The number of hydrogen-bond donors (Lipinski definition) is 0. The van der Waals surface area contributed by atoms with Crippen molar-refractivity contribution in [1.82, 2.24) is 4.98 Å². The van der Waals surface area contributed by atoms with Gasteiger partial charge in [-0.15, -0.1) is 0 Å². The van der Waals surface area contributed by atoms with Crippen LogP contribution in [-0.4, -0.2) is 9.19 Å². The van der Waals surface area contributed by atoms with Crippen molar-refractivity contribution >= 4 is 33.3 Å². The third kappa shape index (κ3) is 3.28. The molecule has 5 heteroatoms. The molecule has 21 heavy (non-hydrogen) atoms. The summed E-state index contributed by atoms with van der Waals surface area (Å²) in [6.45, 7) is 0. The molecule has 1 aromatic heterocycles. The Labute approximate surface area is 129 Å². The molecule has 2 nitrogen and oxygen atoms in total. The molecule has 1 unspecified atom stereocenters. The van der Waals surface area contributed by atoms with E-state index in [1.54, 1.807) is 30.3 Å². The summed E-state index contributed by atoms with van der Waals surface area (Å²) in [5, 5.41) is 2.06. The van der Waals surface area contributed by atoms with Gasteiger partial charge in [0.1, 0.15) is 10.8 Å². The molecule has 0 fully saturated rings. The molecule has 0 N–H and O–H groups in total. The molecule has 1 heterocycles. The Bertz CT molecular complexity index is 820. The number of benzene rings is 2. The van der Waals surface area contributed by atoms with Gasteiger partial charge in [-0.2, -0.15) is 0 Å². The zero-order chi connectivity index (χ0) is 14.8. The van der Waals surface area contributed by atoms with Crippen LogP contribution in [0.4, 0.5) is 4.39 Å². The molecule has 0 spiro atoms. The number of rotatable bonds is 3. The van der Waals surface area contributed by atoms with E-state index < -0.39 is 10.8 Å². The van der Waals surface area contributed by atoms with E-state index in [0.717, 1.165) is 16.5 Å². The number of nitrogens with zero attached hydrogens (tertiary/aromatic N) is 1. The van der Waals surface area contributed by atoms with Crippen LogP contribution in [0.15, 0.2) is 59.6 Å². The minimum atomic E-state index is -1.27. The van der Waals surface area contributed by atoms with E-state index in [1.165, 1.54) is 12.1 Å². The second kappa shape index (κ2) is 5.92. The second-order valence-corrected chi connectivity index (χ2v) is 6.44. The van der Waals surface area contributed by atoms with Crippen molar-refractivity contribution in [3.8, 4) is 0 Å². The highest BCUT2D eigenvalue weighted by Gasteiger charge is 2.08. The fourth-order valence-corrected chi connectivity index (χ4v) is 3.25. The van der Waals surface area contributed by atoms with Crippen LogP contribution < -0.4 is 0 Å². The van der Waals surface area contributed by atoms with Gasteiger partial charge in [-0.25, -0.2) is 9.37 Å². The summed E-state index contributed by atoms with van der Waals surface area (Å²) in [5.41, 5.74) is 1.57. The second-order valence-electron chi connectivity index (χ2n) is 4.60. The third-order valence-corrected chi connectivity index (χ3v) is 4.59. The van der Waals surface area contributed by atoms with Crippen LogP contribution in [0, 0.1) is 5.82 Å². The van der Waals surface area contributed by atoms with E-state index in [2.05, 4.69) is 4.98 Å². The average Bonchev–Trinajstić information content (AvgIpc) is 2.49. The van der Waals surface area contributed by atoms with E-state index >= 15 is 0 Å². The molecule has 0 bridgehead atoms. The Kier molecular flexibility index (Phi) is 3.99. The van der Waals surface area contributed by atoms with Crippen LogP contribution in [0.5, 0.6) is 0 Å². The Balaban J connectivity index is 1.87. The lowest BCUT2D eigenvalue weighted by Crippen LogP contribution is -1.99. The largest absolute Gasteiger partial charge is 0.252 e. The summed E-state index contributed by atoms with van der Waals surface area (Å²) in [4.78, 5) is 4.40. The zero-order valence-electron chi connectivity index (χ0n) is 10.9. The normalized spacial score (nSPS) is 12.5. The SMILES string of the molecule is O=S(Cc1ccc(F)cc1)c1ccc2cc(Cl)ccc2n1. The smallest absolute Gasteiger partial charge is 0.128 e. The summed E-state index contributed by atoms with van der Waals surface area (Å²) in [6.07, 6.45) is 0. The van der Waals surface area contributed by atoms with Gasteiger partial charge in [0.15, 0.2) is 0 Å². The van der Waals surface area contributed by atoms with Gasteiger partial charge in [0.05, 0.1) is 22.1 Å². The van der Waals surface area contributed by atoms with E-state index in [0.29, 0.717) is 15.8 Å². The molecule has 0 saturated heterocycles. The zero-order valence-corrected chi connectivity index (χ0v) is 12.5. The van der Waals surface area contributed by atoms with Crippen LogP contribution in [0.2, 0.25) is 5.02 Å². The van der Waals surface area contributed by atoms with Gasteiger partial charge >= 0.3 is 0 Å². The van der Waals surface area contributed by atoms with Gasteiger partial charge in [0, 0.05) is 10.4 Å². The van der Waals surface area contributed by atoms with Gasteiger partial charge in [-0.05, 0) is 48.0 Å². The molecular weight excluding hydrogens is 309 g/mol. The number of hydrogen-bond acceptors (Lipinski definition) is 2. The fraction of sp³-hybridized carbons (Fsp3) is 0.0625. The van der Waals surface area contributed by atoms with Gasteiger partial charge < -0.3 is 0 Å². The standard InChI is InChI=1S/C16H11ClFNOS/c17-13-4-7-15-12(9-13)3-8-16(19-15)21(20)10-11-1-5-14(18)6-2-11/h1-9H,10H2. The van der Waals surface area contributed by atoms with Gasteiger partial charge in [-0.1, -0.05) is 23.7 Å². The summed E-state index contributed by atoms with van der Waals surface area (Å²) in [5.74, 6) is 0.0112. The van der Waals surface area contributed by atoms with E-state index in [-0.39, 0.29) is 5.82 Å².